The molecule has 0 radical (unpaired) electrons. The van der Waals surface area contributed by atoms with Crippen molar-refractivity contribution in [3.8, 4) is 33.4 Å². The molecule has 0 spiro atoms. The normalized spacial score (nSPS) is 14.0. The summed E-state index contributed by atoms with van der Waals surface area (Å²) in [6.45, 7) is 0. The number of hydrogen-bond acceptors (Lipinski definition) is 5. The van der Waals surface area contributed by atoms with Gasteiger partial charge in [0.15, 0.2) is 5.82 Å². The van der Waals surface area contributed by atoms with Crippen molar-refractivity contribution in [1.29, 1.82) is 0 Å². The van der Waals surface area contributed by atoms with Gasteiger partial charge in [0.1, 0.15) is 28.5 Å². The van der Waals surface area contributed by atoms with Crippen LogP contribution in [0.25, 0.3) is 77.3 Å². The second-order valence-electron chi connectivity index (χ2n) is 13.6. The Bertz CT molecular complexity index is 2870. The molecule has 5 heteroatoms. The number of nitrogens with one attached hydrogen (secondary N) is 1. The molecule has 5 nitrogen and oxygen atoms in total. The number of benzene rings is 7. The molecule has 0 bridgehead atoms. The molecular weight excluding hydrogens is 651 g/mol. The van der Waals surface area contributed by atoms with Crippen LogP contribution in [0.5, 0.6) is 0 Å². The van der Waals surface area contributed by atoms with E-state index >= 15 is 0 Å². The van der Waals surface area contributed by atoms with E-state index in [1.807, 2.05) is 30.5 Å². The van der Waals surface area contributed by atoms with Gasteiger partial charge in [-0.1, -0.05) is 97.1 Å². The maximum atomic E-state index is 6.22. The van der Waals surface area contributed by atoms with Crippen molar-refractivity contribution in [1.82, 2.24) is 4.98 Å². The summed E-state index contributed by atoms with van der Waals surface area (Å²) in [7, 11) is 0. The molecule has 1 atom stereocenters. The minimum atomic E-state index is -0.236. The van der Waals surface area contributed by atoms with Crippen LogP contribution in [-0.2, 0) is 0 Å². The minimum absolute atomic E-state index is 0.236. The fourth-order valence-electron chi connectivity index (χ4n) is 8.00. The summed E-state index contributed by atoms with van der Waals surface area (Å²) in [5.74, 6) is 0.895. The highest BCUT2D eigenvalue weighted by atomic mass is 16.3. The first-order valence-electron chi connectivity index (χ1n) is 17.9. The molecule has 0 saturated heterocycles. The Morgan fingerprint density at radius 3 is 1.62 bits per heavy atom. The van der Waals surface area contributed by atoms with Crippen LogP contribution in [-0.4, -0.2) is 4.98 Å². The summed E-state index contributed by atoms with van der Waals surface area (Å²) in [6, 6.07) is 59.6. The summed E-state index contributed by atoms with van der Waals surface area (Å²) in [6.07, 6.45) is 1.68. The number of para-hydroxylation sites is 3. The van der Waals surface area contributed by atoms with E-state index in [1.165, 1.54) is 0 Å². The van der Waals surface area contributed by atoms with Gasteiger partial charge in [-0.15, -0.1) is 0 Å². The molecule has 250 valence electrons. The molecule has 53 heavy (non-hydrogen) atoms. The van der Waals surface area contributed by atoms with E-state index in [-0.39, 0.29) is 6.17 Å². The molecule has 0 fully saturated rings. The van der Waals surface area contributed by atoms with E-state index in [9.17, 15) is 0 Å². The maximum Gasteiger partial charge on any atom is 0.159 e. The molecule has 10 aromatic rings. The van der Waals surface area contributed by atoms with Gasteiger partial charge in [0.2, 0.25) is 0 Å². The summed E-state index contributed by atoms with van der Waals surface area (Å²) in [5, 5.41) is 8.38. The number of hydrogen-bond donors (Lipinski definition) is 1. The smallest absolute Gasteiger partial charge is 0.159 e. The van der Waals surface area contributed by atoms with Crippen LogP contribution in [0.4, 0.5) is 17.2 Å². The first-order chi connectivity index (χ1) is 26.2. The highest BCUT2D eigenvalue weighted by Crippen LogP contribution is 2.49. The van der Waals surface area contributed by atoms with E-state index < -0.39 is 0 Å². The zero-order valence-corrected chi connectivity index (χ0v) is 28.5. The molecule has 4 heterocycles. The van der Waals surface area contributed by atoms with Crippen LogP contribution in [0.2, 0.25) is 0 Å². The Hall–Kier alpha value is -7.11. The third-order valence-electron chi connectivity index (χ3n) is 10.5. The third-order valence-corrected chi connectivity index (χ3v) is 10.5. The average Bonchev–Trinajstić information content (AvgIpc) is 3.92. The van der Waals surface area contributed by atoms with Crippen molar-refractivity contribution < 1.29 is 8.83 Å². The lowest BCUT2D eigenvalue weighted by molar-refractivity contribution is 0.668. The summed E-state index contributed by atoms with van der Waals surface area (Å²) in [5.41, 5.74) is 13.5. The van der Waals surface area contributed by atoms with E-state index in [0.717, 1.165) is 100 Å². The zero-order valence-electron chi connectivity index (χ0n) is 28.5. The molecule has 3 aromatic heterocycles. The highest BCUT2D eigenvalue weighted by molar-refractivity contribution is 6.07. The van der Waals surface area contributed by atoms with Crippen molar-refractivity contribution in [2.24, 2.45) is 0 Å². The van der Waals surface area contributed by atoms with Gasteiger partial charge in [-0.3, -0.25) is 4.90 Å². The van der Waals surface area contributed by atoms with Gasteiger partial charge in [-0.25, -0.2) is 4.98 Å². The van der Waals surface area contributed by atoms with Crippen LogP contribution in [0.3, 0.4) is 0 Å². The molecule has 0 saturated carbocycles. The van der Waals surface area contributed by atoms with Gasteiger partial charge in [0.25, 0.3) is 0 Å². The van der Waals surface area contributed by atoms with Crippen LogP contribution < -0.4 is 10.2 Å². The van der Waals surface area contributed by atoms with Crippen molar-refractivity contribution in [3.63, 3.8) is 0 Å². The summed E-state index contributed by atoms with van der Waals surface area (Å²) < 4.78 is 12.4. The van der Waals surface area contributed by atoms with Crippen molar-refractivity contribution in [3.05, 3.63) is 182 Å². The van der Waals surface area contributed by atoms with Gasteiger partial charge < -0.3 is 14.2 Å². The zero-order chi connectivity index (χ0) is 34.9. The van der Waals surface area contributed by atoms with Crippen LogP contribution in [0, 0.1) is 0 Å². The Balaban J connectivity index is 1.13. The number of fused-ring (bicyclic) bond motifs is 7. The topological polar surface area (TPSA) is 54.4 Å². The monoisotopic (exact) mass is 681 g/mol. The van der Waals surface area contributed by atoms with E-state index in [4.69, 9.17) is 13.8 Å². The minimum Gasteiger partial charge on any atom is -0.456 e. The number of nitrogens with zero attached hydrogens (tertiary/aromatic N) is 2. The molecule has 1 aliphatic heterocycles. The van der Waals surface area contributed by atoms with Crippen molar-refractivity contribution in [2.45, 2.75) is 6.17 Å². The lowest BCUT2D eigenvalue weighted by Gasteiger charge is -2.27. The summed E-state index contributed by atoms with van der Waals surface area (Å²) >= 11 is 0. The number of furan rings is 2. The van der Waals surface area contributed by atoms with E-state index in [2.05, 4.69) is 156 Å². The van der Waals surface area contributed by atoms with E-state index in [0.29, 0.717) is 0 Å². The Morgan fingerprint density at radius 2 is 1.00 bits per heavy atom. The first kappa shape index (κ1) is 29.6. The largest absolute Gasteiger partial charge is 0.456 e. The molecule has 1 N–H and O–H groups in total. The summed E-state index contributed by atoms with van der Waals surface area (Å²) in [4.78, 5) is 7.32. The molecule has 0 amide bonds. The van der Waals surface area contributed by atoms with E-state index in [1.54, 1.807) is 0 Å². The van der Waals surface area contributed by atoms with Gasteiger partial charge in [0, 0.05) is 39.0 Å². The second kappa shape index (κ2) is 11.7. The van der Waals surface area contributed by atoms with Gasteiger partial charge >= 0.3 is 0 Å². The van der Waals surface area contributed by atoms with Gasteiger partial charge in [-0.05, 0) is 106 Å². The fourth-order valence-corrected chi connectivity index (χ4v) is 8.00. The molecule has 1 aliphatic rings. The predicted molar refractivity (Wildman–Crippen MR) is 216 cm³/mol. The van der Waals surface area contributed by atoms with Crippen LogP contribution in [0.1, 0.15) is 11.7 Å². The fraction of sp³-hybridized carbons (Fsp3) is 0.0208. The number of pyridine rings is 1. The third kappa shape index (κ3) is 4.82. The molecule has 11 rings (SSSR count). The lowest BCUT2D eigenvalue weighted by atomic mass is 9.93. The standard InChI is InChI=1S/C48H31N3O2/c1-3-11-30(12-4-1)37-23-24-49-48-46(37)50-47(51(48)36-13-5-2-6-14-36)35-26-33(31-19-21-44-40(28-31)38-15-7-9-17-42(38)52-44)25-34(27-35)32-20-22-45-41(29-32)39-16-8-10-18-43(39)53-45/h1-29,47,50H. The van der Waals surface area contributed by atoms with Gasteiger partial charge in [0.05, 0.1) is 5.69 Å². The second-order valence-corrected chi connectivity index (χ2v) is 13.6. The van der Waals surface area contributed by atoms with Crippen LogP contribution in [0.15, 0.2) is 185 Å². The van der Waals surface area contributed by atoms with Gasteiger partial charge in [-0.2, -0.15) is 0 Å². The number of rotatable bonds is 5. The Kier molecular flexibility index (Phi) is 6.55. The molecule has 7 aromatic carbocycles. The lowest BCUT2D eigenvalue weighted by Crippen LogP contribution is -2.24. The number of anilines is 3. The molecule has 1 unspecified atom stereocenters. The number of aromatic nitrogens is 1. The maximum absolute atomic E-state index is 6.22. The average molecular weight is 682 g/mol. The highest BCUT2D eigenvalue weighted by Gasteiger charge is 2.35. The van der Waals surface area contributed by atoms with Crippen molar-refractivity contribution >= 4 is 61.1 Å². The molecule has 0 aliphatic carbocycles. The molecular formula is C48H31N3O2. The quantitative estimate of drug-likeness (QED) is 0.196. The Morgan fingerprint density at radius 1 is 0.453 bits per heavy atom. The van der Waals surface area contributed by atoms with Crippen LogP contribution >= 0.6 is 0 Å². The van der Waals surface area contributed by atoms with Crippen molar-refractivity contribution in [2.75, 3.05) is 10.2 Å². The first-order valence-corrected chi connectivity index (χ1v) is 17.9. The Labute approximate surface area is 305 Å². The predicted octanol–water partition coefficient (Wildman–Crippen LogP) is 13.1. The SMILES string of the molecule is c1ccc(-c2ccnc3c2NC(c2cc(-c4ccc5oc6ccccc6c5c4)cc(-c4ccc5oc6ccccc6c5c4)c2)N3c2ccccc2)cc1.